The molecule has 2 nitrogen and oxygen atoms in total. The van der Waals surface area contributed by atoms with E-state index in [2.05, 4.69) is 64.2 Å². The van der Waals surface area contributed by atoms with Crippen LogP contribution in [-0.4, -0.2) is 56.7 Å². The van der Waals surface area contributed by atoms with Gasteiger partial charge in [0.05, 0.1) is 27.7 Å². The zero-order chi connectivity index (χ0) is 32.2. The topological polar surface area (TPSA) is 3.24 Å². The monoisotopic (exact) mass is 653 g/mol. The van der Waals surface area contributed by atoms with Gasteiger partial charge in [0.15, 0.2) is 0 Å². The molecule has 0 aliphatic rings. The summed E-state index contributed by atoms with van der Waals surface area (Å²) in [5.74, 6) is 0. The molecule has 0 aliphatic heterocycles. The molecule has 0 fully saturated rings. The Labute approximate surface area is 292 Å². The van der Waals surface area contributed by atoms with Gasteiger partial charge in [-0.1, -0.05) is 154 Å². The maximum absolute atomic E-state index is 2.80. The molecule has 0 aromatic heterocycles. The van der Waals surface area contributed by atoms with Crippen molar-refractivity contribution >= 4 is 0 Å². The first kappa shape index (κ1) is 46.8. The van der Waals surface area contributed by atoms with Crippen molar-refractivity contribution in [3.05, 3.63) is 24.3 Å². The minimum absolute atomic E-state index is 0. The lowest BCUT2D eigenvalue weighted by Gasteiger charge is -2.27. The Hall–Kier alpha value is -0.310. The van der Waals surface area contributed by atoms with E-state index in [1.54, 1.807) is 0 Å². The average molecular weight is 654 g/mol. The molecule has 0 atom stereocenters. The van der Waals surface area contributed by atoms with Gasteiger partial charge in [0.25, 0.3) is 0 Å². The standard InChI is InChI=1S/C42H85N2.ClH/c1-6-8-10-12-14-16-18-20-22-24-26-28-30-32-34-36-39-43(41-38-42-44(3,4)5)40-37-35-33-31-29-27-25-23-21-19-17-15-13-11-9-7-2;/h20-23H,6-19,24-42H2,1-5H3;1H/q+1;/p-1. The second-order valence-corrected chi connectivity index (χ2v) is 15.1. The van der Waals surface area contributed by atoms with E-state index < -0.39 is 0 Å². The van der Waals surface area contributed by atoms with Crippen LogP contribution in [-0.2, 0) is 0 Å². The van der Waals surface area contributed by atoms with Crippen molar-refractivity contribution in [3.8, 4) is 0 Å². The van der Waals surface area contributed by atoms with Crippen molar-refractivity contribution in [3.63, 3.8) is 0 Å². The normalized spacial score (nSPS) is 12.2. The first-order valence-corrected chi connectivity index (χ1v) is 20.3. The summed E-state index contributed by atoms with van der Waals surface area (Å²) in [5.41, 5.74) is 0. The average Bonchev–Trinajstić information content (AvgIpc) is 2.99. The highest BCUT2D eigenvalue weighted by molar-refractivity contribution is 4.82. The van der Waals surface area contributed by atoms with Crippen molar-refractivity contribution in [2.45, 2.75) is 200 Å². The summed E-state index contributed by atoms with van der Waals surface area (Å²) in [4.78, 5) is 2.80. The molecule has 0 radical (unpaired) electrons. The van der Waals surface area contributed by atoms with Crippen molar-refractivity contribution in [1.29, 1.82) is 0 Å². The molecule has 0 aliphatic carbocycles. The zero-order valence-electron chi connectivity index (χ0n) is 31.9. The van der Waals surface area contributed by atoms with Crippen LogP contribution in [0.3, 0.4) is 0 Å². The lowest BCUT2D eigenvalue weighted by Crippen LogP contribution is -3.00. The highest BCUT2D eigenvalue weighted by Crippen LogP contribution is 2.13. The van der Waals surface area contributed by atoms with Gasteiger partial charge in [0.2, 0.25) is 0 Å². The molecule has 0 bridgehead atoms. The van der Waals surface area contributed by atoms with Crippen LogP contribution in [0, 0.1) is 0 Å². The second-order valence-electron chi connectivity index (χ2n) is 15.1. The van der Waals surface area contributed by atoms with Crippen LogP contribution >= 0.6 is 0 Å². The molecule has 0 saturated carbocycles. The van der Waals surface area contributed by atoms with Gasteiger partial charge < -0.3 is 21.8 Å². The maximum atomic E-state index is 2.80. The van der Waals surface area contributed by atoms with Crippen LogP contribution in [0.5, 0.6) is 0 Å². The number of nitrogens with zero attached hydrogens (tertiary/aromatic N) is 2. The molecular weight excluding hydrogens is 568 g/mol. The van der Waals surface area contributed by atoms with E-state index in [1.807, 2.05) is 0 Å². The number of rotatable bonds is 36. The van der Waals surface area contributed by atoms with Gasteiger partial charge in [-0.15, -0.1) is 0 Å². The predicted molar refractivity (Wildman–Crippen MR) is 203 cm³/mol. The molecule has 0 heterocycles. The van der Waals surface area contributed by atoms with Crippen LogP contribution in [0.15, 0.2) is 24.3 Å². The third-order valence-electron chi connectivity index (χ3n) is 9.28. The predicted octanol–water partition coefficient (Wildman–Crippen LogP) is 10.5. The molecule has 270 valence electrons. The van der Waals surface area contributed by atoms with Gasteiger partial charge in [-0.05, 0) is 77.3 Å². The fraction of sp³-hybridized carbons (Fsp3) is 0.905. The number of hydrogen-bond donors (Lipinski definition) is 0. The summed E-state index contributed by atoms with van der Waals surface area (Å²) in [7, 11) is 7.00. The van der Waals surface area contributed by atoms with E-state index in [9.17, 15) is 0 Å². The van der Waals surface area contributed by atoms with E-state index in [0.29, 0.717) is 0 Å². The fourth-order valence-corrected chi connectivity index (χ4v) is 6.27. The summed E-state index contributed by atoms with van der Waals surface area (Å²) in [5, 5.41) is 0. The third kappa shape index (κ3) is 41.7. The van der Waals surface area contributed by atoms with Gasteiger partial charge in [0, 0.05) is 13.0 Å². The van der Waals surface area contributed by atoms with Gasteiger partial charge >= 0.3 is 0 Å². The van der Waals surface area contributed by atoms with Gasteiger partial charge in [-0.3, -0.25) is 0 Å². The van der Waals surface area contributed by atoms with Crippen LogP contribution in [0.4, 0.5) is 0 Å². The van der Waals surface area contributed by atoms with Crippen LogP contribution < -0.4 is 12.4 Å². The SMILES string of the molecule is CCCCCCCCC=CCCCCCCCCN(CCCCCCCCC=CCCCCCCCC)CCC[N+](C)(C)C.[Cl-]. The molecule has 0 spiro atoms. The largest absolute Gasteiger partial charge is 1.00 e. The summed E-state index contributed by atoms with van der Waals surface area (Å²) < 4.78 is 1.09. The third-order valence-corrected chi connectivity index (χ3v) is 9.28. The van der Waals surface area contributed by atoms with Crippen LogP contribution in [0.2, 0.25) is 0 Å². The maximum Gasteiger partial charge on any atom is 0.0792 e. The summed E-state index contributed by atoms with van der Waals surface area (Å²) >= 11 is 0. The van der Waals surface area contributed by atoms with E-state index in [-0.39, 0.29) is 12.4 Å². The molecule has 3 heteroatoms. The van der Waals surface area contributed by atoms with Crippen LogP contribution in [0.1, 0.15) is 200 Å². The second kappa shape index (κ2) is 38.1. The molecule has 45 heavy (non-hydrogen) atoms. The van der Waals surface area contributed by atoms with Crippen molar-refractivity contribution < 1.29 is 16.9 Å². The van der Waals surface area contributed by atoms with E-state index in [4.69, 9.17) is 0 Å². The van der Waals surface area contributed by atoms with Gasteiger partial charge in [0.1, 0.15) is 0 Å². The number of halogens is 1. The molecule has 0 saturated heterocycles. The zero-order valence-corrected chi connectivity index (χ0v) is 32.7. The molecule has 0 N–H and O–H groups in total. The van der Waals surface area contributed by atoms with Gasteiger partial charge in [-0.25, -0.2) is 0 Å². The number of quaternary nitrogens is 1. The minimum Gasteiger partial charge on any atom is -1.00 e. The van der Waals surface area contributed by atoms with E-state index in [0.717, 1.165) is 4.48 Å². The Kier molecular flexibility index (Phi) is 39.7. The molecule has 0 unspecified atom stereocenters. The minimum atomic E-state index is 0. The number of hydrogen-bond acceptors (Lipinski definition) is 1. The Morgan fingerprint density at radius 1 is 0.356 bits per heavy atom. The molecule has 0 aromatic rings. The highest BCUT2D eigenvalue weighted by atomic mass is 35.5. The molecule has 0 amide bonds. The Morgan fingerprint density at radius 3 is 0.933 bits per heavy atom. The van der Waals surface area contributed by atoms with E-state index in [1.165, 1.54) is 212 Å². The van der Waals surface area contributed by atoms with Gasteiger partial charge in [-0.2, -0.15) is 0 Å². The first-order chi connectivity index (χ1) is 21.5. The lowest BCUT2D eigenvalue weighted by atomic mass is 10.1. The Balaban J connectivity index is 0. The quantitative estimate of drug-likeness (QED) is 0.0370. The number of allylic oxidation sites excluding steroid dienone is 4. The van der Waals surface area contributed by atoms with Crippen molar-refractivity contribution in [2.75, 3.05) is 47.3 Å². The van der Waals surface area contributed by atoms with Crippen LogP contribution in [0.25, 0.3) is 0 Å². The fourth-order valence-electron chi connectivity index (χ4n) is 6.27. The van der Waals surface area contributed by atoms with Crippen molar-refractivity contribution in [2.24, 2.45) is 0 Å². The van der Waals surface area contributed by atoms with Crippen molar-refractivity contribution in [1.82, 2.24) is 4.90 Å². The molecular formula is C42H85ClN2. The smallest absolute Gasteiger partial charge is 0.0792 e. The Bertz CT molecular complexity index is 552. The highest BCUT2D eigenvalue weighted by Gasteiger charge is 2.10. The first-order valence-electron chi connectivity index (χ1n) is 20.3. The van der Waals surface area contributed by atoms with E-state index >= 15 is 0 Å². The molecule has 0 rings (SSSR count). The lowest BCUT2D eigenvalue weighted by molar-refractivity contribution is -0.870. The summed E-state index contributed by atoms with van der Waals surface area (Å²) in [6.07, 6.45) is 50.3. The summed E-state index contributed by atoms with van der Waals surface area (Å²) in [6, 6.07) is 0. The Morgan fingerprint density at radius 2 is 0.622 bits per heavy atom. The number of unbranched alkanes of at least 4 members (excludes halogenated alkanes) is 24. The molecule has 0 aromatic carbocycles. The summed E-state index contributed by atoms with van der Waals surface area (Å²) in [6.45, 7) is 9.83.